The molecule has 1 aliphatic carbocycles. The average Bonchev–Trinajstić information content (AvgIpc) is 2.15. The minimum Gasteiger partial charge on any atom is -0.320 e. The van der Waals surface area contributed by atoms with Crippen molar-refractivity contribution in [2.45, 2.75) is 58.3 Å². The third-order valence-corrected chi connectivity index (χ3v) is 4.15. The molecular formula is C12H21F2NO. The maximum absolute atomic E-state index is 12.0. The van der Waals surface area contributed by atoms with Gasteiger partial charge >= 0.3 is 6.61 Å². The Morgan fingerprint density at radius 3 is 2.44 bits per heavy atom. The minimum absolute atomic E-state index is 0.211. The van der Waals surface area contributed by atoms with E-state index in [-0.39, 0.29) is 11.5 Å². The lowest BCUT2D eigenvalue weighted by Gasteiger charge is -2.51. The monoisotopic (exact) mass is 233 g/mol. The Kier molecular flexibility index (Phi) is 3.50. The molecule has 1 heterocycles. The Labute approximate surface area is 95.7 Å². The molecule has 1 atom stereocenters. The SMILES string of the molecule is CC(C)C1CCC2(CN1)CC(OC(F)F)C2. The second-order valence-corrected chi connectivity index (χ2v) is 5.70. The summed E-state index contributed by atoms with van der Waals surface area (Å²) >= 11 is 0. The first-order chi connectivity index (χ1) is 7.51. The first-order valence-corrected chi connectivity index (χ1v) is 6.18. The van der Waals surface area contributed by atoms with E-state index < -0.39 is 6.61 Å². The Hall–Kier alpha value is -0.220. The first-order valence-electron chi connectivity index (χ1n) is 6.18. The third-order valence-electron chi connectivity index (χ3n) is 4.15. The number of alkyl halides is 2. The maximum atomic E-state index is 12.0. The molecule has 94 valence electrons. The molecule has 2 nitrogen and oxygen atoms in total. The average molecular weight is 233 g/mol. The van der Waals surface area contributed by atoms with E-state index in [2.05, 4.69) is 23.9 Å². The summed E-state index contributed by atoms with van der Waals surface area (Å²) in [6, 6.07) is 0.598. The highest BCUT2D eigenvalue weighted by molar-refractivity contribution is 5.00. The van der Waals surface area contributed by atoms with Gasteiger partial charge in [-0.25, -0.2) is 0 Å². The van der Waals surface area contributed by atoms with Crippen molar-refractivity contribution in [3.05, 3.63) is 0 Å². The number of nitrogens with one attached hydrogen (secondary N) is 1. The van der Waals surface area contributed by atoms with Gasteiger partial charge < -0.3 is 10.1 Å². The first kappa shape index (κ1) is 12.2. The molecule has 1 N–H and O–H groups in total. The quantitative estimate of drug-likeness (QED) is 0.809. The zero-order chi connectivity index (χ0) is 11.8. The molecule has 16 heavy (non-hydrogen) atoms. The molecule has 0 radical (unpaired) electrons. The van der Waals surface area contributed by atoms with E-state index in [0.29, 0.717) is 12.0 Å². The van der Waals surface area contributed by atoms with E-state index in [4.69, 9.17) is 0 Å². The van der Waals surface area contributed by atoms with Crippen LogP contribution in [-0.2, 0) is 4.74 Å². The van der Waals surface area contributed by atoms with Gasteiger partial charge in [0.25, 0.3) is 0 Å². The fourth-order valence-corrected chi connectivity index (χ4v) is 3.07. The standard InChI is InChI=1S/C12H21F2NO/c1-8(2)10-3-4-12(7-15-10)5-9(6-12)16-11(13)14/h8-11,15H,3-7H2,1-2H3. The highest BCUT2D eigenvalue weighted by Crippen LogP contribution is 2.48. The molecule has 0 aromatic rings. The smallest absolute Gasteiger partial charge is 0.320 e. The van der Waals surface area contributed by atoms with Gasteiger partial charge in [-0.1, -0.05) is 13.8 Å². The van der Waals surface area contributed by atoms with Crippen LogP contribution in [0.5, 0.6) is 0 Å². The van der Waals surface area contributed by atoms with Crippen molar-refractivity contribution < 1.29 is 13.5 Å². The van der Waals surface area contributed by atoms with Crippen molar-refractivity contribution >= 4 is 0 Å². The van der Waals surface area contributed by atoms with Crippen molar-refractivity contribution in [1.29, 1.82) is 0 Å². The summed E-state index contributed by atoms with van der Waals surface area (Å²) in [6.07, 6.45) is 3.72. The van der Waals surface area contributed by atoms with Crippen molar-refractivity contribution in [2.75, 3.05) is 6.54 Å². The summed E-state index contributed by atoms with van der Waals surface area (Å²) in [7, 11) is 0. The van der Waals surface area contributed by atoms with Crippen LogP contribution in [0.4, 0.5) is 8.78 Å². The lowest BCUT2D eigenvalue weighted by atomic mass is 9.61. The normalized spacial score (nSPS) is 39.4. The Bertz CT molecular complexity index is 222. The van der Waals surface area contributed by atoms with E-state index in [0.717, 1.165) is 25.8 Å². The summed E-state index contributed by atoms with van der Waals surface area (Å²) < 4.78 is 28.5. The van der Waals surface area contributed by atoms with Gasteiger partial charge in [-0.15, -0.1) is 0 Å². The topological polar surface area (TPSA) is 21.3 Å². The molecular weight excluding hydrogens is 212 g/mol. The molecule has 0 aromatic carbocycles. The molecule has 4 heteroatoms. The lowest BCUT2D eigenvalue weighted by molar-refractivity contribution is -0.211. The van der Waals surface area contributed by atoms with Crippen LogP contribution in [0.2, 0.25) is 0 Å². The predicted octanol–water partition coefficient (Wildman–Crippen LogP) is 2.78. The molecule has 0 aromatic heterocycles. The Morgan fingerprint density at radius 1 is 1.31 bits per heavy atom. The number of hydrogen-bond acceptors (Lipinski definition) is 2. The number of halogens is 2. The second kappa shape index (κ2) is 4.57. The fourth-order valence-electron chi connectivity index (χ4n) is 3.07. The molecule has 0 bridgehead atoms. The second-order valence-electron chi connectivity index (χ2n) is 5.70. The number of ether oxygens (including phenoxy) is 1. The van der Waals surface area contributed by atoms with Crippen molar-refractivity contribution in [3.63, 3.8) is 0 Å². The van der Waals surface area contributed by atoms with E-state index in [1.165, 1.54) is 6.42 Å². The zero-order valence-electron chi connectivity index (χ0n) is 10.0. The summed E-state index contributed by atoms with van der Waals surface area (Å²) in [5.74, 6) is 0.658. The van der Waals surface area contributed by atoms with Gasteiger partial charge in [-0.2, -0.15) is 8.78 Å². The predicted molar refractivity (Wildman–Crippen MR) is 58.4 cm³/mol. The Balaban J connectivity index is 1.74. The van der Waals surface area contributed by atoms with Crippen LogP contribution in [0.15, 0.2) is 0 Å². The van der Waals surface area contributed by atoms with Gasteiger partial charge in [0.05, 0.1) is 6.10 Å². The fraction of sp³-hybridized carbons (Fsp3) is 1.00. The highest BCUT2D eigenvalue weighted by Gasteiger charge is 2.47. The molecule has 1 saturated carbocycles. The van der Waals surface area contributed by atoms with Gasteiger partial charge in [-0.05, 0) is 37.0 Å². The van der Waals surface area contributed by atoms with Crippen LogP contribution in [-0.4, -0.2) is 25.3 Å². The molecule has 2 fully saturated rings. The third kappa shape index (κ3) is 2.54. The van der Waals surface area contributed by atoms with Crippen LogP contribution in [0.3, 0.4) is 0 Å². The van der Waals surface area contributed by atoms with Gasteiger partial charge in [0, 0.05) is 12.6 Å². The summed E-state index contributed by atoms with van der Waals surface area (Å²) in [5, 5.41) is 3.54. The zero-order valence-corrected chi connectivity index (χ0v) is 10.0. The van der Waals surface area contributed by atoms with Crippen molar-refractivity contribution in [3.8, 4) is 0 Å². The minimum atomic E-state index is -2.61. The summed E-state index contributed by atoms with van der Waals surface area (Å²) in [4.78, 5) is 0. The molecule has 0 amide bonds. The van der Waals surface area contributed by atoms with Gasteiger partial charge in [0.1, 0.15) is 0 Å². The lowest BCUT2D eigenvalue weighted by Crippen LogP contribution is -2.55. The number of hydrogen-bond donors (Lipinski definition) is 1. The van der Waals surface area contributed by atoms with Gasteiger partial charge in [0.15, 0.2) is 0 Å². The molecule has 1 aliphatic heterocycles. The van der Waals surface area contributed by atoms with E-state index in [1.54, 1.807) is 0 Å². The summed E-state index contributed by atoms with van der Waals surface area (Å²) in [5.41, 5.74) is 0.255. The van der Waals surface area contributed by atoms with Crippen molar-refractivity contribution in [1.82, 2.24) is 5.32 Å². The molecule has 1 saturated heterocycles. The van der Waals surface area contributed by atoms with Crippen LogP contribution >= 0.6 is 0 Å². The van der Waals surface area contributed by atoms with Crippen LogP contribution in [0.25, 0.3) is 0 Å². The van der Waals surface area contributed by atoms with Crippen LogP contribution < -0.4 is 5.32 Å². The van der Waals surface area contributed by atoms with E-state index in [1.807, 2.05) is 0 Å². The number of rotatable bonds is 3. The molecule has 1 spiro atoms. The van der Waals surface area contributed by atoms with Crippen LogP contribution in [0, 0.1) is 11.3 Å². The van der Waals surface area contributed by atoms with Crippen LogP contribution in [0.1, 0.15) is 39.5 Å². The Morgan fingerprint density at radius 2 is 2.00 bits per heavy atom. The molecule has 2 rings (SSSR count). The number of piperidine rings is 1. The maximum Gasteiger partial charge on any atom is 0.345 e. The molecule has 2 aliphatic rings. The van der Waals surface area contributed by atoms with E-state index in [9.17, 15) is 8.78 Å². The molecule has 1 unspecified atom stereocenters. The highest BCUT2D eigenvalue weighted by atomic mass is 19.3. The van der Waals surface area contributed by atoms with Crippen molar-refractivity contribution in [2.24, 2.45) is 11.3 Å². The summed E-state index contributed by atoms with van der Waals surface area (Å²) in [6.45, 7) is 2.80. The van der Waals surface area contributed by atoms with Gasteiger partial charge in [-0.3, -0.25) is 0 Å². The largest absolute Gasteiger partial charge is 0.345 e. The van der Waals surface area contributed by atoms with Gasteiger partial charge in [0.2, 0.25) is 0 Å². The van der Waals surface area contributed by atoms with E-state index >= 15 is 0 Å².